The number of aromatic nitrogens is 2. The molecule has 3 nitrogen and oxygen atoms in total. The summed E-state index contributed by atoms with van der Waals surface area (Å²) in [6.45, 7) is 0. The number of halogens is 3. The molecule has 14 heavy (non-hydrogen) atoms. The first-order chi connectivity index (χ1) is 6.47. The lowest BCUT2D eigenvalue weighted by molar-refractivity contribution is -0.141. The maximum Gasteiger partial charge on any atom is 0.433 e. The number of hydrogen-bond donors (Lipinski definition) is 1. The third kappa shape index (κ3) is 1.78. The summed E-state index contributed by atoms with van der Waals surface area (Å²) in [5, 5.41) is 0. The van der Waals surface area contributed by atoms with Gasteiger partial charge >= 0.3 is 6.18 Å². The van der Waals surface area contributed by atoms with Crippen LogP contribution < -0.4 is 5.56 Å². The summed E-state index contributed by atoms with van der Waals surface area (Å²) in [6, 6.07) is 0.478. The highest BCUT2D eigenvalue weighted by Crippen LogP contribution is 2.38. The number of hydrogen-bond acceptors (Lipinski definition) is 2. The number of aromatic amines is 1. The maximum absolute atomic E-state index is 12.2. The van der Waals surface area contributed by atoms with Gasteiger partial charge in [0.25, 0.3) is 5.56 Å². The average molecular weight is 204 g/mol. The van der Waals surface area contributed by atoms with Crippen LogP contribution in [0, 0.1) is 0 Å². The molecule has 0 radical (unpaired) electrons. The quantitative estimate of drug-likeness (QED) is 0.756. The van der Waals surface area contributed by atoms with Crippen LogP contribution in [0.25, 0.3) is 0 Å². The molecule has 0 atom stereocenters. The van der Waals surface area contributed by atoms with E-state index in [1.54, 1.807) is 0 Å². The van der Waals surface area contributed by atoms with Gasteiger partial charge in [-0.2, -0.15) is 13.2 Å². The molecular weight excluding hydrogens is 197 g/mol. The molecule has 0 unspecified atom stereocenters. The first-order valence-corrected chi connectivity index (χ1v) is 4.15. The van der Waals surface area contributed by atoms with Gasteiger partial charge < -0.3 is 4.98 Å². The van der Waals surface area contributed by atoms with Gasteiger partial charge in [0, 0.05) is 12.0 Å². The van der Waals surface area contributed by atoms with E-state index in [4.69, 9.17) is 0 Å². The van der Waals surface area contributed by atoms with Gasteiger partial charge in [-0.3, -0.25) is 4.79 Å². The zero-order valence-electron chi connectivity index (χ0n) is 7.06. The van der Waals surface area contributed by atoms with E-state index in [0.29, 0.717) is 6.07 Å². The molecule has 76 valence electrons. The lowest BCUT2D eigenvalue weighted by atomic mass is 10.3. The highest BCUT2D eigenvalue weighted by Gasteiger charge is 2.35. The van der Waals surface area contributed by atoms with Gasteiger partial charge in [0.2, 0.25) is 0 Å². The van der Waals surface area contributed by atoms with E-state index < -0.39 is 17.4 Å². The molecular formula is C8H7F3N2O. The Labute approximate surface area is 77.0 Å². The van der Waals surface area contributed by atoms with Crippen LogP contribution in [0.3, 0.4) is 0 Å². The van der Waals surface area contributed by atoms with Crippen LogP contribution >= 0.6 is 0 Å². The minimum absolute atomic E-state index is 0.00463. The molecule has 1 aromatic rings. The molecule has 0 saturated heterocycles. The van der Waals surface area contributed by atoms with Crippen molar-refractivity contribution in [2.24, 2.45) is 0 Å². The smallest absolute Gasteiger partial charge is 0.310 e. The van der Waals surface area contributed by atoms with Crippen LogP contribution in [-0.2, 0) is 6.18 Å². The Bertz CT molecular complexity index is 406. The summed E-state index contributed by atoms with van der Waals surface area (Å²) in [5.41, 5.74) is -1.85. The van der Waals surface area contributed by atoms with Crippen molar-refractivity contribution < 1.29 is 13.2 Å². The van der Waals surface area contributed by atoms with Crippen molar-refractivity contribution in [1.82, 2.24) is 9.97 Å². The molecule has 1 fully saturated rings. The van der Waals surface area contributed by atoms with E-state index in [-0.39, 0.29) is 11.7 Å². The molecule has 1 N–H and O–H groups in total. The second-order valence-corrected chi connectivity index (χ2v) is 3.29. The molecule has 0 aliphatic heterocycles. The second-order valence-electron chi connectivity index (χ2n) is 3.29. The van der Waals surface area contributed by atoms with Crippen molar-refractivity contribution >= 4 is 0 Å². The fourth-order valence-corrected chi connectivity index (χ4v) is 1.17. The average Bonchev–Trinajstić information content (AvgIpc) is 2.83. The van der Waals surface area contributed by atoms with Gasteiger partial charge in [0.05, 0.1) is 0 Å². The van der Waals surface area contributed by atoms with Crippen molar-refractivity contribution in [2.75, 3.05) is 0 Å². The van der Waals surface area contributed by atoms with Crippen LogP contribution in [0.5, 0.6) is 0 Å². The molecule has 1 aromatic heterocycles. The minimum atomic E-state index is -4.54. The standard InChI is InChI=1S/C8H7F3N2O/c9-8(10,11)5-3-6(14)13-7(12-5)4-1-2-4/h3-4H,1-2H2,(H,12,13,14). The Morgan fingerprint density at radius 2 is 2.07 bits per heavy atom. The van der Waals surface area contributed by atoms with Gasteiger partial charge in [-0.1, -0.05) is 0 Å². The Balaban J connectivity index is 2.46. The summed E-state index contributed by atoms with van der Waals surface area (Å²) in [7, 11) is 0. The second kappa shape index (κ2) is 2.83. The molecule has 0 aromatic carbocycles. The molecule has 1 aliphatic carbocycles. The SMILES string of the molecule is O=c1cc(C(F)(F)F)nc(C2CC2)[nH]1. The number of nitrogens with zero attached hydrogens (tertiary/aromatic N) is 1. The monoisotopic (exact) mass is 204 g/mol. The number of rotatable bonds is 1. The van der Waals surface area contributed by atoms with Gasteiger partial charge in [-0.15, -0.1) is 0 Å². The highest BCUT2D eigenvalue weighted by atomic mass is 19.4. The highest BCUT2D eigenvalue weighted by molar-refractivity contribution is 5.12. The van der Waals surface area contributed by atoms with Crippen molar-refractivity contribution in [2.45, 2.75) is 24.9 Å². The van der Waals surface area contributed by atoms with Crippen LogP contribution in [0.2, 0.25) is 0 Å². The summed E-state index contributed by atoms with van der Waals surface area (Å²) in [5.74, 6) is 0.162. The predicted octanol–water partition coefficient (Wildman–Crippen LogP) is 1.67. The number of H-pyrrole nitrogens is 1. The number of nitrogens with one attached hydrogen (secondary N) is 1. The molecule has 0 bridgehead atoms. The predicted molar refractivity (Wildman–Crippen MR) is 41.8 cm³/mol. The van der Waals surface area contributed by atoms with Gasteiger partial charge in [-0.25, -0.2) is 4.98 Å². The van der Waals surface area contributed by atoms with Gasteiger partial charge in [0.1, 0.15) is 5.82 Å². The van der Waals surface area contributed by atoms with E-state index in [1.807, 2.05) is 0 Å². The largest absolute Gasteiger partial charge is 0.433 e. The first kappa shape index (κ1) is 9.23. The zero-order chi connectivity index (χ0) is 10.3. The molecule has 1 saturated carbocycles. The Kier molecular flexibility index (Phi) is 1.87. The number of alkyl halides is 3. The van der Waals surface area contributed by atoms with Gasteiger partial charge in [-0.05, 0) is 12.8 Å². The summed E-state index contributed by atoms with van der Waals surface area (Å²) in [4.78, 5) is 16.6. The van der Waals surface area contributed by atoms with Crippen LogP contribution in [0.4, 0.5) is 13.2 Å². The van der Waals surface area contributed by atoms with E-state index in [1.165, 1.54) is 0 Å². The zero-order valence-corrected chi connectivity index (χ0v) is 7.06. The van der Waals surface area contributed by atoms with Crippen molar-refractivity contribution in [3.05, 3.63) is 27.9 Å². The van der Waals surface area contributed by atoms with Gasteiger partial charge in [0.15, 0.2) is 5.69 Å². The third-order valence-electron chi connectivity index (χ3n) is 2.01. The first-order valence-electron chi connectivity index (χ1n) is 4.15. The Morgan fingerprint density at radius 1 is 1.43 bits per heavy atom. The van der Waals surface area contributed by atoms with E-state index in [2.05, 4.69) is 9.97 Å². The van der Waals surface area contributed by atoms with Crippen LogP contribution in [0.1, 0.15) is 30.3 Å². The van der Waals surface area contributed by atoms with E-state index in [9.17, 15) is 18.0 Å². The van der Waals surface area contributed by atoms with Crippen LogP contribution in [-0.4, -0.2) is 9.97 Å². The molecule has 0 spiro atoms. The fourth-order valence-electron chi connectivity index (χ4n) is 1.17. The fraction of sp³-hybridized carbons (Fsp3) is 0.500. The topological polar surface area (TPSA) is 45.8 Å². The normalized spacial score (nSPS) is 17.1. The van der Waals surface area contributed by atoms with Crippen molar-refractivity contribution in [3.63, 3.8) is 0 Å². The Hall–Kier alpha value is -1.33. The third-order valence-corrected chi connectivity index (χ3v) is 2.01. The molecule has 6 heteroatoms. The molecule has 1 heterocycles. The lowest BCUT2D eigenvalue weighted by Gasteiger charge is -2.06. The summed E-state index contributed by atoms with van der Waals surface area (Å²) >= 11 is 0. The molecule has 2 rings (SSSR count). The van der Waals surface area contributed by atoms with Crippen LogP contribution in [0.15, 0.2) is 10.9 Å². The van der Waals surface area contributed by atoms with Crippen molar-refractivity contribution in [1.29, 1.82) is 0 Å². The van der Waals surface area contributed by atoms with E-state index >= 15 is 0 Å². The molecule has 0 amide bonds. The van der Waals surface area contributed by atoms with Crippen molar-refractivity contribution in [3.8, 4) is 0 Å². The summed E-state index contributed by atoms with van der Waals surface area (Å²) in [6.07, 6.45) is -2.95. The summed E-state index contributed by atoms with van der Waals surface area (Å²) < 4.78 is 36.6. The lowest BCUT2D eigenvalue weighted by Crippen LogP contribution is -2.18. The maximum atomic E-state index is 12.2. The van der Waals surface area contributed by atoms with E-state index in [0.717, 1.165) is 12.8 Å². The minimum Gasteiger partial charge on any atom is -0.310 e. The molecule has 1 aliphatic rings. The Morgan fingerprint density at radius 3 is 2.57 bits per heavy atom.